The number of hydrogen-bond acceptors (Lipinski definition) is 3. The van der Waals surface area contributed by atoms with Gasteiger partial charge in [0.15, 0.2) is 5.78 Å². The van der Waals surface area contributed by atoms with Crippen molar-refractivity contribution >= 4 is 11.8 Å². The quantitative estimate of drug-likeness (QED) is 0.462. The van der Waals surface area contributed by atoms with Crippen LogP contribution < -0.4 is 0 Å². The van der Waals surface area contributed by atoms with Crippen molar-refractivity contribution in [2.75, 3.05) is 0 Å². The number of halogens is 1. The van der Waals surface area contributed by atoms with Crippen LogP contribution in [0.3, 0.4) is 0 Å². The van der Waals surface area contributed by atoms with Crippen LogP contribution >= 0.6 is 0 Å². The lowest BCUT2D eigenvalue weighted by molar-refractivity contribution is -0.153. The lowest BCUT2D eigenvalue weighted by Gasteiger charge is -2.19. The lowest BCUT2D eigenvalue weighted by Crippen LogP contribution is -2.25. The SMILES string of the molecule is CC(C)(C)OC(=O)CC(=O)c1ccccc1F. The second-order valence-corrected chi connectivity index (χ2v) is 4.67. The summed E-state index contributed by atoms with van der Waals surface area (Å²) in [5.74, 6) is -1.84. The first-order valence-corrected chi connectivity index (χ1v) is 5.29. The summed E-state index contributed by atoms with van der Waals surface area (Å²) in [6.07, 6.45) is -0.446. The molecule has 0 radical (unpaired) electrons. The number of Topliss-reactive ketones (excluding diaryl/α,β-unsaturated/α-hetero) is 1. The molecule has 0 heterocycles. The molecule has 0 N–H and O–H groups in total. The first kappa shape index (κ1) is 13.4. The van der Waals surface area contributed by atoms with Crippen LogP contribution in [-0.4, -0.2) is 17.4 Å². The highest BCUT2D eigenvalue weighted by Gasteiger charge is 2.20. The number of hydrogen-bond donors (Lipinski definition) is 0. The molecular weight excluding hydrogens is 223 g/mol. The number of rotatable bonds is 3. The van der Waals surface area contributed by atoms with Crippen LogP contribution in [0.2, 0.25) is 0 Å². The van der Waals surface area contributed by atoms with E-state index in [0.717, 1.165) is 0 Å². The fraction of sp³-hybridized carbons (Fsp3) is 0.385. The van der Waals surface area contributed by atoms with Gasteiger partial charge in [0.2, 0.25) is 0 Å². The van der Waals surface area contributed by atoms with E-state index in [4.69, 9.17) is 4.74 Å². The average molecular weight is 238 g/mol. The van der Waals surface area contributed by atoms with E-state index in [-0.39, 0.29) is 5.56 Å². The molecule has 0 unspecified atom stereocenters. The molecule has 3 nitrogen and oxygen atoms in total. The third-order valence-electron chi connectivity index (χ3n) is 1.90. The molecule has 0 aromatic heterocycles. The summed E-state index contributed by atoms with van der Waals surface area (Å²) in [5.41, 5.74) is -0.731. The Kier molecular flexibility index (Phi) is 3.99. The summed E-state index contributed by atoms with van der Waals surface area (Å²) in [5, 5.41) is 0. The maximum Gasteiger partial charge on any atom is 0.314 e. The molecule has 0 bridgehead atoms. The summed E-state index contributed by atoms with van der Waals surface area (Å²) in [7, 11) is 0. The Labute approximate surface area is 99.6 Å². The maximum atomic E-state index is 13.3. The van der Waals surface area contributed by atoms with Gasteiger partial charge in [-0.15, -0.1) is 0 Å². The van der Waals surface area contributed by atoms with Gasteiger partial charge in [-0.1, -0.05) is 12.1 Å². The van der Waals surface area contributed by atoms with Crippen LogP contribution in [0.4, 0.5) is 4.39 Å². The Morgan fingerprint density at radius 2 is 1.82 bits per heavy atom. The third kappa shape index (κ3) is 4.34. The van der Waals surface area contributed by atoms with Crippen LogP contribution in [-0.2, 0) is 9.53 Å². The van der Waals surface area contributed by atoms with Crippen molar-refractivity contribution in [3.63, 3.8) is 0 Å². The molecule has 0 fully saturated rings. The minimum atomic E-state index is -0.647. The van der Waals surface area contributed by atoms with Gasteiger partial charge in [-0.3, -0.25) is 9.59 Å². The second-order valence-electron chi connectivity index (χ2n) is 4.67. The van der Waals surface area contributed by atoms with Gasteiger partial charge in [-0.05, 0) is 32.9 Å². The van der Waals surface area contributed by atoms with Crippen LogP contribution in [0, 0.1) is 5.82 Å². The Bertz CT molecular complexity index is 433. The summed E-state index contributed by atoms with van der Waals surface area (Å²) in [6.45, 7) is 5.12. The predicted octanol–water partition coefficient (Wildman–Crippen LogP) is 2.74. The fourth-order valence-corrected chi connectivity index (χ4v) is 1.29. The molecule has 1 rings (SSSR count). The zero-order chi connectivity index (χ0) is 13.1. The standard InChI is InChI=1S/C13H15FO3/c1-13(2,3)17-12(16)8-11(15)9-6-4-5-7-10(9)14/h4-7H,8H2,1-3H3. The fourth-order valence-electron chi connectivity index (χ4n) is 1.29. The number of carbonyl (C=O) groups is 2. The first-order chi connectivity index (χ1) is 7.79. The molecule has 0 saturated carbocycles. The number of benzene rings is 1. The molecule has 92 valence electrons. The summed E-state index contributed by atoms with van der Waals surface area (Å²) >= 11 is 0. The van der Waals surface area contributed by atoms with Crippen LogP contribution in [0.5, 0.6) is 0 Å². The average Bonchev–Trinajstić information content (AvgIpc) is 2.14. The van der Waals surface area contributed by atoms with E-state index >= 15 is 0 Å². The van der Waals surface area contributed by atoms with Gasteiger partial charge in [0.25, 0.3) is 0 Å². The van der Waals surface area contributed by atoms with Crippen molar-refractivity contribution in [1.82, 2.24) is 0 Å². The molecule has 0 aliphatic heterocycles. The van der Waals surface area contributed by atoms with E-state index in [9.17, 15) is 14.0 Å². The Morgan fingerprint density at radius 3 is 2.35 bits per heavy atom. The maximum absolute atomic E-state index is 13.3. The molecular formula is C13H15FO3. The monoisotopic (exact) mass is 238 g/mol. The van der Waals surface area contributed by atoms with E-state index in [2.05, 4.69) is 0 Å². The zero-order valence-corrected chi connectivity index (χ0v) is 10.1. The minimum absolute atomic E-state index is 0.0849. The number of ether oxygens (including phenoxy) is 1. The van der Waals surface area contributed by atoms with Gasteiger partial charge in [0, 0.05) is 0 Å². The smallest absolute Gasteiger partial charge is 0.314 e. The van der Waals surface area contributed by atoms with Crippen molar-refractivity contribution in [2.45, 2.75) is 32.8 Å². The molecule has 1 aromatic rings. The van der Waals surface area contributed by atoms with Gasteiger partial charge in [0.1, 0.15) is 17.8 Å². The highest BCUT2D eigenvalue weighted by Crippen LogP contribution is 2.12. The van der Waals surface area contributed by atoms with E-state index in [1.807, 2.05) is 0 Å². The largest absolute Gasteiger partial charge is 0.460 e. The van der Waals surface area contributed by atoms with Gasteiger partial charge in [-0.2, -0.15) is 0 Å². The molecule has 1 aromatic carbocycles. The van der Waals surface area contributed by atoms with Crippen molar-refractivity contribution in [3.05, 3.63) is 35.6 Å². The van der Waals surface area contributed by atoms with Crippen molar-refractivity contribution < 1.29 is 18.7 Å². The second kappa shape index (κ2) is 5.08. The van der Waals surface area contributed by atoms with E-state index in [1.54, 1.807) is 26.8 Å². The van der Waals surface area contributed by atoms with Crippen molar-refractivity contribution in [1.29, 1.82) is 0 Å². The molecule has 0 spiro atoms. The van der Waals surface area contributed by atoms with Gasteiger partial charge in [0.05, 0.1) is 5.56 Å². The normalized spacial score (nSPS) is 11.1. The first-order valence-electron chi connectivity index (χ1n) is 5.29. The van der Waals surface area contributed by atoms with Crippen molar-refractivity contribution in [3.8, 4) is 0 Å². The Hall–Kier alpha value is -1.71. The topological polar surface area (TPSA) is 43.4 Å². The lowest BCUT2D eigenvalue weighted by atomic mass is 10.1. The summed E-state index contributed by atoms with van der Waals surface area (Å²) in [4.78, 5) is 23.0. The van der Waals surface area contributed by atoms with E-state index in [1.165, 1.54) is 18.2 Å². The van der Waals surface area contributed by atoms with Gasteiger partial charge >= 0.3 is 5.97 Å². The highest BCUT2D eigenvalue weighted by molar-refractivity contribution is 6.06. The third-order valence-corrected chi connectivity index (χ3v) is 1.90. The number of carbonyl (C=O) groups excluding carboxylic acids is 2. The Balaban J connectivity index is 2.68. The molecule has 0 aliphatic rings. The summed E-state index contributed by atoms with van der Waals surface area (Å²) in [6, 6.07) is 5.56. The van der Waals surface area contributed by atoms with Crippen molar-refractivity contribution in [2.24, 2.45) is 0 Å². The molecule has 0 atom stereocenters. The number of ketones is 1. The Morgan fingerprint density at radius 1 is 1.24 bits per heavy atom. The molecule has 0 amide bonds. The molecule has 4 heteroatoms. The van der Waals surface area contributed by atoms with E-state index in [0.29, 0.717) is 0 Å². The van der Waals surface area contributed by atoms with Crippen LogP contribution in [0.25, 0.3) is 0 Å². The van der Waals surface area contributed by atoms with Crippen LogP contribution in [0.15, 0.2) is 24.3 Å². The molecule has 0 aliphatic carbocycles. The number of esters is 1. The van der Waals surface area contributed by atoms with Gasteiger partial charge in [-0.25, -0.2) is 4.39 Å². The minimum Gasteiger partial charge on any atom is -0.460 e. The molecule has 0 saturated heterocycles. The van der Waals surface area contributed by atoms with E-state index < -0.39 is 29.6 Å². The highest BCUT2D eigenvalue weighted by atomic mass is 19.1. The van der Waals surface area contributed by atoms with Gasteiger partial charge < -0.3 is 4.74 Å². The summed E-state index contributed by atoms with van der Waals surface area (Å²) < 4.78 is 18.2. The molecule has 17 heavy (non-hydrogen) atoms. The predicted molar refractivity (Wildman–Crippen MR) is 61.2 cm³/mol. The zero-order valence-electron chi connectivity index (χ0n) is 10.1. The van der Waals surface area contributed by atoms with Crippen LogP contribution in [0.1, 0.15) is 37.6 Å².